The van der Waals surface area contributed by atoms with Gasteiger partial charge in [0.15, 0.2) is 5.13 Å². The number of carbonyl (C=O) groups excluding carboxylic acids is 1. The third kappa shape index (κ3) is 4.06. The number of nitrogens with one attached hydrogen (secondary N) is 1. The van der Waals surface area contributed by atoms with E-state index in [4.69, 9.17) is 16.6 Å². The first-order chi connectivity index (χ1) is 12.3. The van der Waals surface area contributed by atoms with Gasteiger partial charge in [0.25, 0.3) is 5.91 Å². The van der Waals surface area contributed by atoms with E-state index in [-0.39, 0.29) is 5.91 Å². The maximum atomic E-state index is 13.1. The first-order valence-electron chi connectivity index (χ1n) is 8.59. The van der Waals surface area contributed by atoms with Crippen molar-refractivity contribution in [2.45, 2.75) is 13.8 Å². The average molecular weight is 389 g/mol. The van der Waals surface area contributed by atoms with Crippen LogP contribution in [0.3, 0.4) is 0 Å². The summed E-state index contributed by atoms with van der Waals surface area (Å²) in [5.41, 5.74) is 3.96. The van der Waals surface area contributed by atoms with E-state index in [1.807, 2.05) is 0 Å². The lowest BCUT2D eigenvalue weighted by Gasteiger charge is -2.20. The molecule has 1 aromatic heterocycles. The SMILES string of the molecule is Cc1cc2nc(N(CC[NH+](C)C)C(=O)c3cccc(Cl)c3)sc2cc1C. The van der Waals surface area contributed by atoms with Crippen molar-refractivity contribution in [3.8, 4) is 0 Å². The lowest BCUT2D eigenvalue weighted by Crippen LogP contribution is -3.06. The molecular formula is C20H23ClN3OS+. The van der Waals surface area contributed by atoms with Crippen LogP contribution < -0.4 is 9.80 Å². The highest BCUT2D eigenvalue weighted by molar-refractivity contribution is 7.22. The number of rotatable bonds is 5. The van der Waals surface area contributed by atoms with Gasteiger partial charge in [-0.25, -0.2) is 4.98 Å². The van der Waals surface area contributed by atoms with Gasteiger partial charge in [-0.3, -0.25) is 9.69 Å². The van der Waals surface area contributed by atoms with E-state index >= 15 is 0 Å². The highest BCUT2D eigenvalue weighted by Gasteiger charge is 2.22. The molecule has 4 nitrogen and oxygen atoms in total. The fourth-order valence-corrected chi connectivity index (χ4v) is 3.94. The largest absolute Gasteiger partial charge is 0.338 e. The molecule has 3 rings (SSSR count). The van der Waals surface area contributed by atoms with Crippen LogP contribution in [0.15, 0.2) is 36.4 Å². The molecule has 2 aromatic carbocycles. The van der Waals surface area contributed by atoms with E-state index in [0.717, 1.165) is 21.9 Å². The number of benzene rings is 2. The van der Waals surface area contributed by atoms with E-state index in [1.165, 1.54) is 16.0 Å². The zero-order valence-corrected chi connectivity index (χ0v) is 17.0. The van der Waals surface area contributed by atoms with Crippen molar-refractivity contribution in [1.82, 2.24) is 4.98 Å². The summed E-state index contributed by atoms with van der Waals surface area (Å²) >= 11 is 7.64. The summed E-state index contributed by atoms with van der Waals surface area (Å²) in [6.45, 7) is 5.61. The second-order valence-electron chi connectivity index (χ2n) is 6.82. The average Bonchev–Trinajstić information content (AvgIpc) is 2.97. The highest BCUT2D eigenvalue weighted by Crippen LogP contribution is 2.31. The van der Waals surface area contributed by atoms with Crippen LogP contribution in [0.25, 0.3) is 10.2 Å². The van der Waals surface area contributed by atoms with Crippen LogP contribution in [-0.4, -0.2) is 38.1 Å². The number of anilines is 1. The molecule has 0 unspecified atom stereocenters. The normalized spacial score (nSPS) is 11.3. The van der Waals surface area contributed by atoms with Gasteiger partial charge in [0.05, 0.1) is 37.4 Å². The predicted molar refractivity (Wildman–Crippen MR) is 110 cm³/mol. The molecule has 136 valence electrons. The molecule has 3 aromatic rings. The van der Waals surface area contributed by atoms with E-state index in [1.54, 1.807) is 40.5 Å². The molecule has 0 fully saturated rings. The molecular weight excluding hydrogens is 366 g/mol. The molecule has 0 aliphatic carbocycles. The Balaban J connectivity index is 2.01. The van der Waals surface area contributed by atoms with Crippen LogP contribution >= 0.6 is 22.9 Å². The van der Waals surface area contributed by atoms with Gasteiger partial charge in [-0.2, -0.15) is 0 Å². The van der Waals surface area contributed by atoms with E-state index in [2.05, 4.69) is 40.1 Å². The van der Waals surface area contributed by atoms with Gasteiger partial charge < -0.3 is 4.90 Å². The van der Waals surface area contributed by atoms with Gasteiger partial charge in [0.2, 0.25) is 0 Å². The summed E-state index contributed by atoms with van der Waals surface area (Å²) < 4.78 is 1.10. The standard InChI is InChI=1S/C20H22ClN3OS/c1-13-10-17-18(11-14(13)2)26-20(22-17)24(9-8-23(3)4)19(25)15-6-5-7-16(21)12-15/h5-7,10-12H,8-9H2,1-4H3/p+1. The first-order valence-corrected chi connectivity index (χ1v) is 9.79. The molecule has 0 saturated carbocycles. The number of fused-ring (bicyclic) bond motifs is 1. The Kier molecular flexibility index (Phi) is 5.61. The van der Waals surface area contributed by atoms with Crippen LogP contribution in [0.4, 0.5) is 5.13 Å². The number of aromatic nitrogens is 1. The van der Waals surface area contributed by atoms with Crippen molar-refractivity contribution in [2.24, 2.45) is 0 Å². The van der Waals surface area contributed by atoms with Crippen molar-refractivity contribution in [2.75, 3.05) is 32.1 Å². The van der Waals surface area contributed by atoms with E-state index in [0.29, 0.717) is 17.1 Å². The third-order valence-corrected chi connectivity index (χ3v) is 5.65. The Morgan fingerprint density at radius 3 is 2.62 bits per heavy atom. The summed E-state index contributed by atoms with van der Waals surface area (Å²) in [4.78, 5) is 20.9. The summed E-state index contributed by atoms with van der Waals surface area (Å²) in [6, 6.07) is 11.3. The molecule has 1 amide bonds. The minimum Gasteiger partial charge on any atom is -0.338 e. The third-order valence-electron chi connectivity index (χ3n) is 4.38. The Morgan fingerprint density at radius 2 is 1.92 bits per heavy atom. The maximum absolute atomic E-state index is 13.1. The minimum absolute atomic E-state index is 0.0683. The Bertz CT molecular complexity index is 912. The Morgan fingerprint density at radius 1 is 1.19 bits per heavy atom. The molecule has 0 bridgehead atoms. The van der Waals surface area contributed by atoms with Crippen molar-refractivity contribution in [3.05, 3.63) is 58.1 Å². The lowest BCUT2D eigenvalue weighted by molar-refractivity contribution is -0.856. The number of nitrogens with zero attached hydrogens (tertiary/aromatic N) is 2. The zero-order valence-electron chi connectivity index (χ0n) is 15.5. The van der Waals surface area contributed by atoms with Crippen LogP contribution in [0, 0.1) is 13.8 Å². The number of likely N-dealkylation sites (N-methyl/N-ethyl adjacent to an activating group) is 1. The van der Waals surface area contributed by atoms with Crippen molar-refractivity contribution in [3.63, 3.8) is 0 Å². The van der Waals surface area contributed by atoms with E-state index in [9.17, 15) is 4.79 Å². The molecule has 0 aliphatic rings. The van der Waals surface area contributed by atoms with Gasteiger partial charge in [-0.05, 0) is 55.3 Å². The molecule has 1 heterocycles. The molecule has 1 N–H and O–H groups in total. The monoisotopic (exact) mass is 388 g/mol. The lowest BCUT2D eigenvalue weighted by atomic mass is 10.1. The minimum atomic E-state index is -0.0683. The highest BCUT2D eigenvalue weighted by atomic mass is 35.5. The number of aryl methyl sites for hydroxylation is 2. The zero-order chi connectivity index (χ0) is 18.8. The Labute approximate surface area is 163 Å². The fourth-order valence-electron chi connectivity index (χ4n) is 2.68. The number of quaternary nitrogens is 1. The number of carbonyl (C=O) groups is 1. The fraction of sp³-hybridized carbons (Fsp3) is 0.300. The van der Waals surface area contributed by atoms with E-state index < -0.39 is 0 Å². The quantitative estimate of drug-likeness (QED) is 0.727. The summed E-state index contributed by atoms with van der Waals surface area (Å²) in [5, 5.41) is 1.29. The second kappa shape index (κ2) is 7.74. The number of hydrogen-bond donors (Lipinski definition) is 1. The number of halogens is 1. The second-order valence-corrected chi connectivity index (χ2v) is 8.27. The summed E-state index contributed by atoms with van der Waals surface area (Å²) in [7, 11) is 4.15. The molecule has 0 radical (unpaired) electrons. The first kappa shape index (κ1) is 18.8. The molecule has 0 saturated heterocycles. The predicted octanol–water partition coefficient (Wildman–Crippen LogP) is 3.36. The van der Waals surface area contributed by atoms with Gasteiger partial charge >= 0.3 is 0 Å². The van der Waals surface area contributed by atoms with Crippen LogP contribution in [0.2, 0.25) is 5.02 Å². The molecule has 0 atom stereocenters. The van der Waals surface area contributed by atoms with Crippen molar-refractivity contribution >= 4 is 44.2 Å². The topological polar surface area (TPSA) is 37.6 Å². The van der Waals surface area contributed by atoms with Crippen LogP contribution in [0.5, 0.6) is 0 Å². The summed E-state index contributed by atoms with van der Waals surface area (Å²) in [5.74, 6) is -0.0683. The molecule has 0 spiro atoms. The smallest absolute Gasteiger partial charge is 0.260 e. The maximum Gasteiger partial charge on any atom is 0.260 e. The van der Waals surface area contributed by atoms with Gasteiger partial charge in [0.1, 0.15) is 0 Å². The van der Waals surface area contributed by atoms with Crippen molar-refractivity contribution < 1.29 is 9.69 Å². The molecule has 0 aliphatic heterocycles. The molecule has 26 heavy (non-hydrogen) atoms. The van der Waals surface area contributed by atoms with Crippen LogP contribution in [0.1, 0.15) is 21.5 Å². The Hall–Kier alpha value is -1.95. The summed E-state index contributed by atoms with van der Waals surface area (Å²) in [6.07, 6.45) is 0. The van der Waals surface area contributed by atoms with Gasteiger partial charge in [-0.15, -0.1) is 0 Å². The van der Waals surface area contributed by atoms with Crippen molar-refractivity contribution in [1.29, 1.82) is 0 Å². The number of hydrogen-bond acceptors (Lipinski definition) is 3. The molecule has 6 heteroatoms. The van der Waals surface area contributed by atoms with Gasteiger partial charge in [-0.1, -0.05) is 29.0 Å². The van der Waals surface area contributed by atoms with Crippen LogP contribution in [-0.2, 0) is 0 Å². The number of thiazole rings is 1. The van der Waals surface area contributed by atoms with Gasteiger partial charge in [0, 0.05) is 10.6 Å². The number of amides is 1.